The fourth-order valence-electron chi connectivity index (χ4n) is 5.04. The molecule has 2 aliphatic rings. The van der Waals surface area contributed by atoms with Crippen LogP contribution in [-0.4, -0.2) is 66.1 Å². The van der Waals surface area contributed by atoms with Crippen LogP contribution in [0.4, 0.5) is 5.95 Å². The molecule has 2 saturated heterocycles. The largest absolute Gasteiger partial charge is 0.493 e. The number of para-hydroxylation sites is 1. The van der Waals surface area contributed by atoms with E-state index in [-0.39, 0.29) is 0 Å². The minimum Gasteiger partial charge on any atom is -0.493 e. The van der Waals surface area contributed by atoms with E-state index in [1.165, 1.54) is 31.4 Å². The Labute approximate surface area is 189 Å². The molecule has 0 bridgehead atoms. The number of rotatable bonds is 6. The molecule has 2 fully saturated rings. The number of methoxy groups -OCH3 is 2. The molecule has 2 aromatic carbocycles. The third-order valence-corrected chi connectivity index (χ3v) is 6.68. The molecule has 0 aliphatic carbocycles. The van der Waals surface area contributed by atoms with Crippen LogP contribution in [0.1, 0.15) is 24.8 Å². The van der Waals surface area contributed by atoms with Crippen LogP contribution in [0.5, 0.6) is 11.5 Å². The molecule has 7 nitrogen and oxygen atoms in total. The third-order valence-electron chi connectivity index (χ3n) is 6.68. The summed E-state index contributed by atoms with van der Waals surface area (Å²) in [6.07, 6.45) is 3.90. The van der Waals surface area contributed by atoms with Gasteiger partial charge in [-0.25, -0.2) is 0 Å². The van der Waals surface area contributed by atoms with Crippen LogP contribution in [0.25, 0.3) is 11.4 Å². The maximum Gasteiger partial charge on any atom is 0.227 e. The minimum absolute atomic E-state index is 0.606. The zero-order valence-corrected chi connectivity index (χ0v) is 18.9. The highest BCUT2D eigenvalue weighted by atomic mass is 16.5. The quantitative estimate of drug-likeness (QED) is 0.591. The first kappa shape index (κ1) is 20.8. The lowest BCUT2D eigenvalue weighted by Gasteiger charge is -2.44. The lowest BCUT2D eigenvalue weighted by Crippen LogP contribution is -2.55. The predicted octanol–water partition coefficient (Wildman–Crippen LogP) is 3.69. The fraction of sp³-hybridized carbons (Fsp3) is 0.440. The maximum atomic E-state index is 5.73. The van der Waals surface area contributed by atoms with Crippen molar-refractivity contribution in [2.24, 2.45) is 0 Å². The molecule has 0 N–H and O–H groups in total. The van der Waals surface area contributed by atoms with E-state index in [0.717, 1.165) is 37.0 Å². The molecule has 1 aromatic heterocycles. The van der Waals surface area contributed by atoms with Crippen molar-refractivity contribution in [3.05, 3.63) is 54.1 Å². The molecule has 32 heavy (non-hydrogen) atoms. The summed E-state index contributed by atoms with van der Waals surface area (Å²) < 4.78 is 13.5. The topological polar surface area (TPSA) is 55.7 Å². The van der Waals surface area contributed by atoms with Crippen LogP contribution in [0.15, 0.2) is 48.5 Å². The summed E-state index contributed by atoms with van der Waals surface area (Å²) in [4.78, 5) is 5.06. The van der Waals surface area contributed by atoms with Crippen LogP contribution in [0, 0.1) is 0 Å². The first-order valence-electron chi connectivity index (χ1n) is 11.5. The van der Waals surface area contributed by atoms with Gasteiger partial charge in [-0.2, -0.15) is 0 Å². The molecule has 5 rings (SSSR count). The highest BCUT2D eigenvalue weighted by Crippen LogP contribution is 2.38. The van der Waals surface area contributed by atoms with E-state index in [1.807, 2.05) is 24.3 Å². The van der Waals surface area contributed by atoms with E-state index in [1.54, 1.807) is 14.2 Å². The SMILES string of the molecule is COc1cccc(-c2nnc(N3CCN4CCCC[C@H]4C3)n2Cc2ccccc2)c1OC. The molecular weight excluding hydrogens is 402 g/mol. The molecule has 1 atom stereocenters. The van der Waals surface area contributed by atoms with Crippen molar-refractivity contribution >= 4 is 5.95 Å². The van der Waals surface area contributed by atoms with E-state index < -0.39 is 0 Å². The maximum absolute atomic E-state index is 5.73. The number of benzene rings is 2. The monoisotopic (exact) mass is 433 g/mol. The van der Waals surface area contributed by atoms with E-state index in [9.17, 15) is 0 Å². The van der Waals surface area contributed by atoms with Gasteiger partial charge in [-0.05, 0) is 37.1 Å². The molecule has 0 unspecified atom stereocenters. The van der Waals surface area contributed by atoms with E-state index in [2.05, 4.69) is 43.7 Å². The Kier molecular flexibility index (Phi) is 5.99. The van der Waals surface area contributed by atoms with Crippen molar-refractivity contribution in [2.75, 3.05) is 45.3 Å². The van der Waals surface area contributed by atoms with Gasteiger partial charge < -0.3 is 14.4 Å². The molecule has 3 heterocycles. The second-order valence-corrected chi connectivity index (χ2v) is 8.57. The Morgan fingerprint density at radius 2 is 1.78 bits per heavy atom. The third kappa shape index (κ3) is 3.93. The van der Waals surface area contributed by atoms with Gasteiger partial charge in [0.25, 0.3) is 0 Å². The standard InChI is InChI=1S/C25H31N5O2/c1-31-22-13-8-12-21(23(22)32-2)24-26-27-25(30(24)17-19-9-4-3-5-10-19)29-16-15-28-14-7-6-11-20(28)18-29/h3-5,8-10,12-13,20H,6-7,11,14-18H2,1-2H3/t20-/m0/s1. The first-order valence-corrected chi connectivity index (χ1v) is 11.5. The lowest BCUT2D eigenvalue weighted by atomic mass is 10.00. The van der Waals surface area contributed by atoms with E-state index >= 15 is 0 Å². The second-order valence-electron chi connectivity index (χ2n) is 8.57. The summed E-state index contributed by atoms with van der Waals surface area (Å²) in [7, 11) is 3.33. The lowest BCUT2D eigenvalue weighted by molar-refractivity contribution is 0.132. The van der Waals surface area contributed by atoms with Crippen LogP contribution in [0.2, 0.25) is 0 Å². The number of anilines is 1. The van der Waals surface area contributed by atoms with Gasteiger partial charge >= 0.3 is 0 Å². The number of piperazine rings is 1. The Morgan fingerprint density at radius 1 is 0.906 bits per heavy atom. The second kappa shape index (κ2) is 9.20. The Bertz CT molecular complexity index is 1050. The van der Waals surface area contributed by atoms with Gasteiger partial charge in [0.05, 0.1) is 26.3 Å². The van der Waals surface area contributed by atoms with Gasteiger partial charge in [0, 0.05) is 25.7 Å². The first-order chi connectivity index (χ1) is 15.8. The number of fused-ring (bicyclic) bond motifs is 1. The summed E-state index contributed by atoms with van der Waals surface area (Å²) in [5.41, 5.74) is 2.10. The van der Waals surface area contributed by atoms with Crippen molar-refractivity contribution < 1.29 is 9.47 Å². The van der Waals surface area contributed by atoms with E-state index in [0.29, 0.717) is 24.1 Å². The number of nitrogens with zero attached hydrogens (tertiary/aromatic N) is 5. The average Bonchev–Trinajstić information content (AvgIpc) is 3.26. The molecule has 0 spiro atoms. The van der Waals surface area contributed by atoms with Crippen molar-refractivity contribution in [1.82, 2.24) is 19.7 Å². The Balaban J connectivity index is 1.56. The molecule has 3 aromatic rings. The van der Waals surface area contributed by atoms with Crippen molar-refractivity contribution in [2.45, 2.75) is 31.8 Å². The molecule has 0 amide bonds. The summed E-state index contributed by atoms with van der Waals surface area (Å²) in [6.45, 7) is 4.98. The van der Waals surface area contributed by atoms with Crippen LogP contribution < -0.4 is 14.4 Å². The molecule has 7 heteroatoms. The van der Waals surface area contributed by atoms with E-state index in [4.69, 9.17) is 14.6 Å². The summed E-state index contributed by atoms with van der Waals surface area (Å²) in [5.74, 6) is 3.10. The fourth-order valence-corrected chi connectivity index (χ4v) is 5.04. The normalized spacial score (nSPS) is 18.9. The van der Waals surface area contributed by atoms with Gasteiger partial charge in [0.15, 0.2) is 17.3 Å². The van der Waals surface area contributed by atoms with Crippen molar-refractivity contribution in [3.8, 4) is 22.9 Å². The summed E-state index contributed by atoms with van der Waals surface area (Å²) >= 11 is 0. The number of hydrogen-bond acceptors (Lipinski definition) is 6. The molecule has 0 radical (unpaired) electrons. The van der Waals surface area contributed by atoms with Crippen LogP contribution >= 0.6 is 0 Å². The number of piperidine rings is 1. The van der Waals surface area contributed by atoms with Gasteiger partial charge in [0.2, 0.25) is 5.95 Å². The minimum atomic E-state index is 0.606. The highest BCUT2D eigenvalue weighted by molar-refractivity contribution is 5.70. The van der Waals surface area contributed by atoms with Gasteiger partial charge in [-0.15, -0.1) is 10.2 Å². The number of hydrogen-bond donors (Lipinski definition) is 0. The summed E-state index contributed by atoms with van der Waals surface area (Å²) in [5, 5.41) is 9.37. The zero-order chi connectivity index (χ0) is 21.9. The Hall–Kier alpha value is -3.06. The molecule has 2 aliphatic heterocycles. The van der Waals surface area contributed by atoms with Gasteiger partial charge in [-0.1, -0.05) is 42.8 Å². The zero-order valence-electron chi connectivity index (χ0n) is 18.9. The van der Waals surface area contributed by atoms with Crippen molar-refractivity contribution in [1.29, 1.82) is 0 Å². The molecular formula is C25H31N5O2. The molecule has 168 valence electrons. The number of ether oxygens (including phenoxy) is 2. The van der Waals surface area contributed by atoms with Gasteiger partial charge in [0.1, 0.15) is 0 Å². The van der Waals surface area contributed by atoms with Gasteiger partial charge in [-0.3, -0.25) is 9.47 Å². The number of aromatic nitrogens is 3. The summed E-state index contributed by atoms with van der Waals surface area (Å²) in [6, 6.07) is 17.0. The predicted molar refractivity (Wildman–Crippen MR) is 126 cm³/mol. The highest BCUT2D eigenvalue weighted by Gasteiger charge is 2.32. The van der Waals surface area contributed by atoms with Crippen molar-refractivity contribution in [3.63, 3.8) is 0 Å². The molecule has 0 saturated carbocycles. The van der Waals surface area contributed by atoms with Crippen LogP contribution in [-0.2, 0) is 6.54 Å². The Morgan fingerprint density at radius 3 is 2.59 bits per heavy atom. The average molecular weight is 434 g/mol. The smallest absolute Gasteiger partial charge is 0.227 e. The van der Waals surface area contributed by atoms with Crippen LogP contribution in [0.3, 0.4) is 0 Å².